The number of thiazole rings is 1. The van der Waals surface area contributed by atoms with Crippen LogP contribution in [0.15, 0.2) is 47.8 Å². The quantitative estimate of drug-likeness (QED) is 0.574. The standard InChI is InChI=1S/C20H21N3O3S.ClH/c1-26-20(25)16(11-22-19(24)17-12-27-18(10-21)23-17)9-13-6-7-14-4-2-3-5-15(14)8-13;/h2-8,12,16H,9-11,21H2,1H3,(H,22,24);1H. The third-order valence-electron chi connectivity index (χ3n) is 4.30. The molecule has 0 radical (unpaired) electrons. The molecule has 0 spiro atoms. The van der Waals surface area contributed by atoms with Gasteiger partial charge in [-0.25, -0.2) is 4.98 Å². The van der Waals surface area contributed by atoms with Gasteiger partial charge >= 0.3 is 5.97 Å². The van der Waals surface area contributed by atoms with Gasteiger partial charge in [0.25, 0.3) is 5.91 Å². The van der Waals surface area contributed by atoms with Crippen LogP contribution in [0.4, 0.5) is 0 Å². The van der Waals surface area contributed by atoms with Gasteiger partial charge in [0.2, 0.25) is 0 Å². The largest absolute Gasteiger partial charge is 0.469 e. The van der Waals surface area contributed by atoms with Crippen LogP contribution >= 0.6 is 23.7 Å². The molecular formula is C20H22ClN3O3S. The minimum atomic E-state index is -0.479. The second kappa shape index (κ2) is 10.2. The maximum atomic E-state index is 12.3. The fourth-order valence-corrected chi connectivity index (χ4v) is 3.53. The van der Waals surface area contributed by atoms with Crippen LogP contribution in [0.2, 0.25) is 0 Å². The number of rotatable bonds is 7. The van der Waals surface area contributed by atoms with Crippen LogP contribution in [0.1, 0.15) is 21.1 Å². The molecule has 1 atom stereocenters. The number of hydrogen-bond donors (Lipinski definition) is 2. The third-order valence-corrected chi connectivity index (χ3v) is 5.17. The highest BCUT2D eigenvalue weighted by atomic mass is 35.5. The molecule has 28 heavy (non-hydrogen) atoms. The molecule has 1 aromatic heterocycles. The number of carbonyl (C=O) groups excluding carboxylic acids is 2. The van der Waals surface area contributed by atoms with Gasteiger partial charge in [-0.2, -0.15) is 0 Å². The minimum absolute atomic E-state index is 0. The number of ether oxygens (including phenoxy) is 1. The second-order valence-electron chi connectivity index (χ2n) is 6.15. The van der Waals surface area contributed by atoms with Crippen LogP contribution in [0.3, 0.4) is 0 Å². The number of esters is 1. The Labute approximate surface area is 173 Å². The normalized spacial score (nSPS) is 11.5. The molecule has 0 bridgehead atoms. The van der Waals surface area contributed by atoms with Gasteiger partial charge in [0.1, 0.15) is 10.7 Å². The highest BCUT2D eigenvalue weighted by Gasteiger charge is 2.21. The van der Waals surface area contributed by atoms with E-state index in [9.17, 15) is 9.59 Å². The van der Waals surface area contributed by atoms with E-state index in [1.807, 2.05) is 36.4 Å². The molecule has 148 valence electrons. The summed E-state index contributed by atoms with van der Waals surface area (Å²) >= 11 is 1.34. The molecule has 3 aromatic rings. The second-order valence-corrected chi connectivity index (χ2v) is 7.09. The number of nitrogens with one attached hydrogen (secondary N) is 1. The molecule has 0 fully saturated rings. The van der Waals surface area contributed by atoms with Crippen molar-refractivity contribution in [2.45, 2.75) is 13.0 Å². The summed E-state index contributed by atoms with van der Waals surface area (Å²) in [6.07, 6.45) is 0.475. The lowest BCUT2D eigenvalue weighted by Crippen LogP contribution is -2.35. The third kappa shape index (κ3) is 5.28. The Bertz CT molecular complexity index is 961. The van der Waals surface area contributed by atoms with Crippen LogP contribution in [0, 0.1) is 5.92 Å². The Kier molecular flexibility index (Phi) is 7.92. The van der Waals surface area contributed by atoms with Crippen molar-refractivity contribution in [2.75, 3.05) is 13.7 Å². The number of nitrogens with two attached hydrogens (primary N) is 1. The summed E-state index contributed by atoms with van der Waals surface area (Å²) in [7, 11) is 1.35. The lowest BCUT2D eigenvalue weighted by molar-refractivity contribution is -0.145. The van der Waals surface area contributed by atoms with Crippen molar-refractivity contribution in [3.05, 3.63) is 64.1 Å². The number of aromatic nitrogens is 1. The number of halogens is 1. The van der Waals surface area contributed by atoms with E-state index in [2.05, 4.69) is 16.4 Å². The van der Waals surface area contributed by atoms with Crippen molar-refractivity contribution in [2.24, 2.45) is 11.7 Å². The maximum absolute atomic E-state index is 12.3. The first-order valence-electron chi connectivity index (χ1n) is 8.59. The number of carbonyl (C=O) groups is 2. The predicted octanol–water partition coefficient (Wildman–Crippen LogP) is 2.94. The van der Waals surface area contributed by atoms with Crippen molar-refractivity contribution >= 4 is 46.4 Å². The molecule has 1 amide bonds. The highest BCUT2D eigenvalue weighted by molar-refractivity contribution is 7.09. The maximum Gasteiger partial charge on any atom is 0.310 e. The summed E-state index contributed by atoms with van der Waals surface area (Å²) < 4.78 is 4.91. The molecule has 0 aliphatic carbocycles. The van der Waals surface area contributed by atoms with Crippen molar-refractivity contribution in [1.82, 2.24) is 10.3 Å². The zero-order chi connectivity index (χ0) is 19.2. The Morgan fingerprint density at radius 3 is 2.64 bits per heavy atom. The zero-order valence-corrected chi connectivity index (χ0v) is 17.0. The van der Waals surface area contributed by atoms with Gasteiger partial charge in [-0.05, 0) is 22.8 Å². The van der Waals surface area contributed by atoms with Gasteiger partial charge in [0.15, 0.2) is 0 Å². The lowest BCUT2D eigenvalue weighted by atomic mass is 9.97. The summed E-state index contributed by atoms with van der Waals surface area (Å²) in [6.45, 7) is 0.471. The molecule has 6 nitrogen and oxygen atoms in total. The van der Waals surface area contributed by atoms with Gasteiger partial charge in [-0.15, -0.1) is 23.7 Å². The highest BCUT2D eigenvalue weighted by Crippen LogP contribution is 2.18. The average Bonchev–Trinajstić information content (AvgIpc) is 3.19. The SMILES string of the molecule is COC(=O)C(CNC(=O)c1csc(CN)n1)Cc1ccc2ccccc2c1.Cl. The first-order valence-corrected chi connectivity index (χ1v) is 9.47. The van der Waals surface area contributed by atoms with E-state index in [0.29, 0.717) is 23.7 Å². The Hall–Kier alpha value is -2.48. The summed E-state index contributed by atoms with van der Waals surface area (Å²) in [6, 6.07) is 14.1. The van der Waals surface area contributed by atoms with E-state index in [4.69, 9.17) is 10.5 Å². The van der Waals surface area contributed by atoms with Crippen molar-refractivity contribution in [3.8, 4) is 0 Å². The molecule has 1 unspecified atom stereocenters. The van der Waals surface area contributed by atoms with E-state index in [1.165, 1.54) is 18.4 Å². The molecule has 1 heterocycles. The molecule has 0 saturated carbocycles. The zero-order valence-electron chi connectivity index (χ0n) is 15.4. The van der Waals surface area contributed by atoms with E-state index >= 15 is 0 Å². The number of benzene rings is 2. The molecule has 8 heteroatoms. The Morgan fingerprint density at radius 1 is 1.21 bits per heavy atom. The average molecular weight is 420 g/mol. The monoisotopic (exact) mass is 419 g/mol. The van der Waals surface area contributed by atoms with E-state index in [1.54, 1.807) is 5.38 Å². The lowest BCUT2D eigenvalue weighted by Gasteiger charge is -2.15. The summed E-state index contributed by atoms with van der Waals surface area (Å²) in [5.41, 5.74) is 6.85. The number of nitrogens with zero attached hydrogens (tertiary/aromatic N) is 1. The Balaban J connectivity index is 0.00000280. The van der Waals surface area contributed by atoms with Gasteiger partial charge in [0.05, 0.1) is 13.0 Å². The molecule has 2 aromatic carbocycles. The molecule has 0 saturated heterocycles. The number of methoxy groups -OCH3 is 1. The summed E-state index contributed by atoms with van der Waals surface area (Å²) in [4.78, 5) is 28.6. The number of hydrogen-bond acceptors (Lipinski definition) is 6. The molecule has 0 aliphatic heterocycles. The van der Waals surface area contributed by atoms with Crippen LogP contribution < -0.4 is 11.1 Å². The van der Waals surface area contributed by atoms with Crippen molar-refractivity contribution in [3.63, 3.8) is 0 Å². The molecule has 3 rings (SSSR count). The van der Waals surface area contributed by atoms with Crippen LogP contribution in [0.25, 0.3) is 10.8 Å². The Morgan fingerprint density at radius 2 is 1.96 bits per heavy atom. The van der Waals surface area contributed by atoms with Crippen LogP contribution in [-0.2, 0) is 22.5 Å². The fourth-order valence-electron chi connectivity index (χ4n) is 2.87. The summed E-state index contributed by atoms with van der Waals surface area (Å²) in [5.74, 6) is -1.16. The number of fused-ring (bicyclic) bond motifs is 1. The van der Waals surface area contributed by atoms with Crippen molar-refractivity contribution in [1.29, 1.82) is 0 Å². The first kappa shape index (κ1) is 21.8. The fraction of sp³-hybridized carbons (Fsp3) is 0.250. The predicted molar refractivity (Wildman–Crippen MR) is 113 cm³/mol. The molecule has 3 N–H and O–H groups in total. The first-order chi connectivity index (χ1) is 13.1. The van der Waals surface area contributed by atoms with Gasteiger partial charge in [-0.1, -0.05) is 42.5 Å². The van der Waals surface area contributed by atoms with Gasteiger partial charge < -0.3 is 15.8 Å². The number of amides is 1. The minimum Gasteiger partial charge on any atom is -0.469 e. The van der Waals surface area contributed by atoms with E-state index < -0.39 is 5.92 Å². The summed E-state index contributed by atoms with van der Waals surface area (Å²) in [5, 5.41) is 7.38. The molecule has 0 aliphatic rings. The van der Waals surface area contributed by atoms with Crippen LogP contribution in [-0.4, -0.2) is 30.5 Å². The van der Waals surface area contributed by atoms with E-state index in [0.717, 1.165) is 16.3 Å². The molecular weight excluding hydrogens is 398 g/mol. The van der Waals surface area contributed by atoms with Gasteiger partial charge in [-0.3, -0.25) is 9.59 Å². The smallest absolute Gasteiger partial charge is 0.310 e. The topological polar surface area (TPSA) is 94.3 Å². The van der Waals surface area contributed by atoms with Crippen molar-refractivity contribution < 1.29 is 14.3 Å². The van der Waals surface area contributed by atoms with E-state index in [-0.39, 0.29) is 30.8 Å². The van der Waals surface area contributed by atoms with Crippen LogP contribution in [0.5, 0.6) is 0 Å². The van der Waals surface area contributed by atoms with Gasteiger partial charge in [0, 0.05) is 18.5 Å².